The van der Waals surface area contributed by atoms with E-state index in [9.17, 15) is 13.2 Å². The zero-order valence-corrected chi connectivity index (χ0v) is 14.3. The number of ether oxygens (including phenoxy) is 1. The fourth-order valence-corrected chi connectivity index (χ4v) is 2.81. The molecule has 0 saturated carbocycles. The Bertz CT molecular complexity index is 903. The number of imidazole rings is 1. The van der Waals surface area contributed by atoms with Crippen molar-refractivity contribution in [1.82, 2.24) is 9.55 Å². The molecule has 0 fully saturated rings. The minimum atomic E-state index is -4.42. The molecule has 0 bridgehead atoms. The summed E-state index contributed by atoms with van der Waals surface area (Å²) in [7, 11) is 0. The summed E-state index contributed by atoms with van der Waals surface area (Å²) < 4.78 is 46.4. The average Bonchev–Trinajstić information content (AvgIpc) is 2.95. The van der Waals surface area contributed by atoms with Crippen LogP contribution < -0.4 is 4.74 Å². The number of aliphatic hydroxyl groups excluding tert-OH is 1. The Labute approximate surface area is 148 Å². The van der Waals surface area contributed by atoms with E-state index >= 15 is 0 Å². The number of hydrogen-bond donors (Lipinski definition) is 1. The first-order valence-electron chi connectivity index (χ1n) is 8.26. The fraction of sp³-hybridized carbons (Fsp3) is 0.316. The summed E-state index contributed by atoms with van der Waals surface area (Å²) in [4.78, 5) is 4.34. The number of hydrogen-bond acceptors (Lipinski definition) is 3. The maximum atomic E-state index is 12.9. The standard InChI is InChI=1S/C19H19F3N2O2/c1-13-5-2-3-6-17(13)26-12-18-23-15-11-14(19(20,21)22)7-8-16(15)24(18)9-4-10-25/h2-3,5-8,11,25H,4,9-10,12H2,1H3. The quantitative estimate of drug-likeness (QED) is 0.708. The van der Waals surface area contributed by atoms with E-state index in [4.69, 9.17) is 9.84 Å². The SMILES string of the molecule is Cc1ccccc1OCc1nc2cc(C(F)(F)F)ccc2n1CCCO. The van der Waals surface area contributed by atoms with E-state index < -0.39 is 11.7 Å². The number of halogens is 3. The molecule has 0 aliphatic carbocycles. The van der Waals surface area contributed by atoms with Gasteiger partial charge in [0.1, 0.15) is 18.2 Å². The minimum absolute atomic E-state index is 0.0155. The van der Waals surface area contributed by atoms with Crippen LogP contribution in [0.3, 0.4) is 0 Å². The zero-order valence-electron chi connectivity index (χ0n) is 14.3. The van der Waals surface area contributed by atoms with Crippen molar-refractivity contribution >= 4 is 11.0 Å². The Morgan fingerprint density at radius 3 is 2.62 bits per heavy atom. The molecular weight excluding hydrogens is 345 g/mol. The van der Waals surface area contributed by atoms with Crippen molar-refractivity contribution in [2.24, 2.45) is 0 Å². The largest absolute Gasteiger partial charge is 0.485 e. The fourth-order valence-electron chi connectivity index (χ4n) is 2.81. The normalized spacial score (nSPS) is 11.9. The maximum Gasteiger partial charge on any atom is 0.416 e. The number of para-hydroxylation sites is 1. The lowest BCUT2D eigenvalue weighted by molar-refractivity contribution is -0.137. The molecule has 0 unspecified atom stereocenters. The van der Waals surface area contributed by atoms with Gasteiger partial charge in [-0.2, -0.15) is 13.2 Å². The number of aryl methyl sites for hydroxylation is 2. The Morgan fingerprint density at radius 2 is 1.92 bits per heavy atom. The van der Waals surface area contributed by atoms with Gasteiger partial charge in [0.05, 0.1) is 16.6 Å². The van der Waals surface area contributed by atoms with E-state index in [0.29, 0.717) is 30.1 Å². The van der Waals surface area contributed by atoms with E-state index in [0.717, 1.165) is 17.7 Å². The van der Waals surface area contributed by atoms with Gasteiger partial charge in [0, 0.05) is 13.2 Å². The van der Waals surface area contributed by atoms with Gasteiger partial charge in [-0.1, -0.05) is 18.2 Å². The van der Waals surface area contributed by atoms with Crippen LogP contribution in [-0.4, -0.2) is 21.3 Å². The third-order valence-corrected chi connectivity index (χ3v) is 4.14. The Balaban J connectivity index is 1.95. The van der Waals surface area contributed by atoms with Gasteiger partial charge in [-0.05, 0) is 43.2 Å². The van der Waals surface area contributed by atoms with Crippen LogP contribution in [0.25, 0.3) is 11.0 Å². The van der Waals surface area contributed by atoms with Crippen LogP contribution in [0.4, 0.5) is 13.2 Å². The van der Waals surface area contributed by atoms with Crippen molar-refractivity contribution < 1.29 is 23.0 Å². The van der Waals surface area contributed by atoms with Gasteiger partial charge in [0.25, 0.3) is 0 Å². The predicted molar refractivity (Wildman–Crippen MR) is 91.9 cm³/mol. The summed E-state index contributed by atoms with van der Waals surface area (Å²) >= 11 is 0. The molecule has 0 aliphatic rings. The van der Waals surface area contributed by atoms with Crippen LogP contribution in [0.15, 0.2) is 42.5 Å². The lowest BCUT2D eigenvalue weighted by atomic mass is 10.2. The molecule has 7 heteroatoms. The van der Waals surface area contributed by atoms with E-state index in [-0.39, 0.29) is 18.7 Å². The third-order valence-electron chi connectivity index (χ3n) is 4.14. The molecule has 0 aliphatic heterocycles. The van der Waals surface area contributed by atoms with E-state index in [1.54, 1.807) is 4.57 Å². The van der Waals surface area contributed by atoms with Crippen molar-refractivity contribution in [3.05, 3.63) is 59.4 Å². The number of rotatable bonds is 6. The van der Waals surface area contributed by atoms with Gasteiger partial charge < -0.3 is 14.4 Å². The number of aliphatic hydroxyl groups is 1. The van der Waals surface area contributed by atoms with Crippen molar-refractivity contribution in [3.8, 4) is 5.75 Å². The maximum absolute atomic E-state index is 12.9. The zero-order chi connectivity index (χ0) is 18.7. The van der Waals surface area contributed by atoms with Crippen molar-refractivity contribution in [2.75, 3.05) is 6.61 Å². The summed E-state index contributed by atoms with van der Waals surface area (Å²) in [5, 5.41) is 9.11. The van der Waals surface area contributed by atoms with Crippen molar-refractivity contribution in [1.29, 1.82) is 0 Å². The number of nitrogens with zero attached hydrogens (tertiary/aromatic N) is 2. The number of fused-ring (bicyclic) bond motifs is 1. The Morgan fingerprint density at radius 1 is 1.15 bits per heavy atom. The van der Waals surface area contributed by atoms with Crippen molar-refractivity contribution in [2.45, 2.75) is 32.7 Å². The highest BCUT2D eigenvalue weighted by molar-refractivity contribution is 5.77. The highest BCUT2D eigenvalue weighted by Crippen LogP contribution is 2.31. The minimum Gasteiger partial charge on any atom is -0.485 e. The second-order valence-electron chi connectivity index (χ2n) is 6.01. The first-order valence-corrected chi connectivity index (χ1v) is 8.26. The third kappa shape index (κ3) is 3.83. The summed E-state index contributed by atoms with van der Waals surface area (Å²) in [6, 6.07) is 11.0. The second kappa shape index (κ2) is 7.37. The lowest BCUT2D eigenvalue weighted by Gasteiger charge is -2.11. The summed E-state index contributed by atoms with van der Waals surface area (Å²) in [6.07, 6.45) is -3.94. The molecule has 138 valence electrons. The molecule has 3 rings (SSSR count). The van der Waals surface area contributed by atoms with Crippen LogP contribution in [-0.2, 0) is 19.3 Å². The molecule has 0 atom stereocenters. The molecular formula is C19H19F3N2O2. The molecule has 26 heavy (non-hydrogen) atoms. The smallest absolute Gasteiger partial charge is 0.416 e. The molecule has 0 amide bonds. The van der Waals surface area contributed by atoms with Crippen LogP contribution in [0.5, 0.6) is 5.75 Å². The van der Waals surface area contributed by atoms with Crippen LogP contribution >= 0.6 is 0 Å². The molecule has 2 aromatic carbocycles. The van der Waals surface area contributed by atoms with Crippen LogP contribution in [0.1, 0.15) is 23.4 Å². The highest BCUT2D eigenvalue weighted by Gasteiger charge is 2.31. The molecule has 1 N–H and O–H groups in total. The highest BCUT2D eigenvalue weighted by atomic mass is 19.4. The Hall–Kier alpha value is -2.54. The summed E-state index contributed by atoms with van der Waals surface area (Å²) in [5.74, 6) is 1.22. The van der Waals surface area contributed by atoms with Crippen LogP contribution in [0, 0.1) is 6.92 Å². The van der Waals surface area contributed by atoms with E-state index in [2.05, 4.69) is 4.98 Å². The van der Waals surface area contributed by atoms with Gasteiger partial charge >= 0.3 is 6.18 Å². The number of aromatic nitrogens is 2. The Kier molecular flexibility index (Phi) is 5.18. The van der Waals surface area contributed by atoms with Crippen molar-refractivity contribution in [3.63, 3.8) is 0 Å². The van der Waals surface area contributed by atoms with Gasteiger partial charge in [0.15, 0.2) is 0 Å². The molecule has 4 nitrogen and oxygen atoms in total. The topological polar surface area (TPSA) is 47.3 Å². The lowest BCUT2D eigenvalue weighted by Crippen LogP contribution is -2.09. The van der Waals surface area contributed by atoms with Gasteiger partial charge in [-0.15, -0.1) is 0 Å². The molecule has 3 aromatic rings. The summed E-state index contributed by atoms with van der Waals surface area (Å²) in [5.41, 5.74) is 1.09. The number of benzene rings is 2. The van der Waals surface area contributed by atoms with Gasteiger partial charge in [-0.25, -0.2) is 4.98 Å². The van der Waals surface area contributed by atoms with Gasteiger partial charge in [0.2, 0.25) is 0 Å². The molecule has 0 saturated heterocycles. The average molecular weight is 364 g/mol. The monoisotopic (exact) mass is 364 g/mol. The predicted octanol–water partition coefficient (Wildman–Crippen LogP) is 4.32. The molecule has 1 heterocycles. The molecule has 0 radical (unpaired) electrons. The second-order valence-corrected chi connectivity index (χ2v) is 6.01. The molecule has 1 aromatic heterocycles. The van der Waals surface area contributed by atoms with Gasteiger partial charge in [-0.3, -0.25) is 0 Å². The number of alkyl halides is 3. The summed E-state index contributed by atoms with van der Waals surface area (Å²) in [6.45, 7) is 2.48. The van der Waals surface area contributed by atoms with Crippen LogP contribution in [0.2, 0.25) is 0 Å². The van der Waals surface area contributed by atoms with E-state index in [1.807, 2.05) is 31.2 Å². The first kappa shape index (κ1) is 18.3. The first-order chi connectivity index (χ1) is 12.4. The molecule has 0 spiro atoms. The van der Waals surface area contributed by atoms with E-state index in [1.165, 1.54) is 6.07 Å².